The predicted molar refractivity (Wildman–Crippen MR) is 85.7 cm³/mol. The van der Waals surface area contributed by atoms with Gasteiger partial charge >= 0.3 is 0 Å². The fourth-order valence-corrected chi connectivity index (χ4v) is 2.45. The highest BCUT2D eigenvalue weighted by atomic mass is 79.9. The molecule has 0 saturated carbocycles. The van der Waals surface area contributed by atoms with Gasteiger partial charge in [-0.25, -0.2) is 4.98 Å². The van der Waals surface area contributed by atoms with Gasteiger partial charge in [0.05, 0.1) is 18.3 Å². The van der Waals surface area contributed by atoms with Crippen LogP contribution in [0.25, 0.3) is 10.9 Å². The number of aromatic nitrogens is 1. The number of fused-ring (bicyclic) bond motifs is 1. The number of rotatable bonds is 3. The smallest absolute Gasteiger partial charge is 0.131 e. The van der Waals surface area contributed by atoms with Gasteiger partial charge in [-0.1, -0.05) is 18.2 Å². The highest BCUT2D eigenvalue weighted by Crippen LogP contribution is 2.29. The Bertz CT molecular complexity index is 758. The number of anilines is 2. The minimum Gasteiger partial charge on any atom is -0.497 e. The van der Waals surface area contributed by atoms with Crippen molar-refractivity contribution in [3.63, 3.8) is 0 Å². The second-order valence-electron chi connectivity index (χ2n) is 4.36. The molecule has 1 aromatic heterocycles. The van der Waals surface area contributed by atoms with E-state index in [2.05, 4.69) is 38.4 Å². The minimum absolute atomic E-state index is 0.814. The molecule has 0 fully saturated rings. The summed E-state index contributed by atoms with van der Waals surface area (Å²) in [6, 6.07) is 17.9. The van der Waals surface area contributed by atoms with Crippen LogP contribution >= 0.6 is 15.9 Å². The highest BCUT2D eigenvalue weighted by molar-refractivity contribution is 9.10. The number of methoxy groups -OCH3 is 1. The standard InChI is InChI=1S/C16H13BrN2O/c1-20-12-7-8-15(13(17)10-12)19-16-9-6-11-4-2-3-5-14(11)18-16/h2-10H,1H3,(H,18,19). The molecule has 1 N–H and O–H groups in total. The summed E-state index contributed by atoms with van der Waals surface area (Å²) in [6.45, 7) is 0. The van der Waals surface area contributed by atoms with Crippen molar-refractivity contribution in [1.29, 1.82) is 0 Å². The Morgan fingerprint density at radius 1 is 1.05 bits per heavy atom. The van der Waals surface area contributed by atoms with Crippen molar-refractivity contribution in [2.45, 2.75) is 0 Å². The molecule has 0 amide bonds. The van der Waals surface area contributed by atoms with Crippen LogP contribution in [0.3, 0.4) is 0 Å². The van der Waals surface area contributed by atoms with Crippen LogP contribution in [0.5, 0.6) is 5.75 Å². The van der Waals surface area contributed by atoms with E-state index in [1.165, 1.54) is 0 Å². The molecule has 4 heteroatoms. The number of para-hydroxylation sites is 1. The molecule has 0 aliphatic carbocycles. The van der Waals surface area contributed by atoms with Gasteiger partial charge in [-0.15, -0.1) is 0 Å². The van der Waals surface area contributed by atoms with E-state index < -0.39 is 0 Å². The molecule has 3 aromatic rings. The van der Waals surface area contributed by atoms with E-state index >= 15 is 0 Å². The summed E-state index contributed by atoms with van der Waals surface area (Å²) in [6.07, 6.45) is 0. The number of benzene rings is 2. The Morgan fingerprint density at radius 3 is 2.70 bits per heavy atom. The van der Waals surface area contributed by atoms with E-state index in [0.29, 0.717) is 0 Å². The van der Waals surface area contributed by atoms with Gasteiger partial charge in [0.25, 0.3) is 0 Å². The zero-order valence-corrected chi connectivity index (χ0v) is 12.5. The largest absolute Gasteiger partial charge is 0.497 e. The van der Waals surface area contributed by atoms with Crippen molar-refractivity contribution < 1.29 is 4.74 Å². The van der Waals surface area contributed by atoms with Crippen LogP contribution in [0.15, 0.2) is 59.1 Å². The van der Waals surface area contributed by atoms with Crippen molar-refractivity contribution in [2.75, 3.05) is 12.4 Å². The molecule has 20 heavy (non-hydrogen) atoms. The SMILES string of the molecule is COc1ccc(Nc2ccc3ccccc3n2)c(Br)c1. The summed E-state index contributed by atoms with van der Waals surface area (Å²) in [5.74, 6) is 1.63. The van der Waals surface area contributed by atoms with Crippen LogP contribution in [-0.4, -0.2) is 12.1 Å². The quantitative estimate of drug-likeness (QED) is 0.753. The maximum atomic E-state index is 5.18. The Balaban J connectivity index is 1.92. The first kappa shape index (κ1) is 12.9. The van der Waals surface area contributed by atoms with Gasteiger partial charge < -0.3 is 10.1 Å². The summed E-state index contributed by atoms with van der Waals surface area (Å²) in [7, 11) is 1.65. The molecule has 1 heterocycles. The number of nitrogens with one attached hydrogen (secondary N) is 1. The van der Waals surface area contributed by atoms with Gasteiger partial charge in [-0.2, -0.15) is 0 Å². The van der Waals surface area contributed by atoms with E-state index in [4.69, 9.17) is 4.74 Å². The van der Waals surface area contributed by atoms with Gasteiger partial charge in [-0.3, -0.25) is 0 Å². The van der Waals surface area contributed by atoms with Crippen LogP contribution in [-0.2, 0) is 0 Å². The fourth-order valence-electron chi connectivity index (χ4n) is 2.00. The second-order valence-corrected chi connectivity index (χ2v) is 5.21. The Morgan fingerprint density at radius 2 is 1.90 bits per heavy atom. The van der Waals surface area contributed by atoms with Gasteiger partial charge in [0.1, 0.15) is 11.6 Å². The van der Waals surface area contributed by atoms with Crippen molar-refractivity contribution in [3.05, 3.63) is 59.1 Å². The number of hydrogen-bond donors (Lipinski definition) is 1. The van der Waals surface area contributed by atoms with Gasteiger partial charge in [-0.05, 0) is 52.3 Å². The lowest BCUT2D eigenvalue weighted by Gasteiger charge is -2.10. The first-order valence-electron chi connectivity index (χ1n) is 6.22. The molecule has 100 valence electrons. The molecule has 0 bridgehead atoms. The number of nitrogens with zero attached hydrogens (tertiary/aromatic N) is 1. The first-order valence-corrected chi connectivity index (χ1v) is 7.02. The molecule has 0 atom stereocenters. The van der Waals surface area contributed by atoms with E-state index in [9.17, 15) is 0 Å². The van der Waals surface area contributed by atoms with Crippen molar-refractivity contribution in [1.82, 2.24) is 4.98 Å². The molecule has 0 unspecified atom stereocenters. The molecule has 0 radical (unpaired) electrons. The molecule has 0 aliphatic heterocycles. The third-order valence-corrected chi connectivity index (χ3v) is 3.69. The topological polar surface area (TPSA) is 34.1 Å². The Kier molecular flexibility index (Phi) is 3.56. The molecular formula is C16H13BrN2O. The van der Waals surface area contributed by atoms with Crippen molar-refractivity contribution in [2.24, 2.45) is 0 Å². The third-order valence-electron chi connectivity index (χ3n) is 3.04. The summed E-state index contributed by atoms with van der Waals surface area (Å²) >= 11 is 3.52. The minimum atomic E-state index is 0.814. The van der Waals surface area contributed by atoms with E-state index in [1.54, 1.807) is 7.11 Å². The van der Waals surface area contributed by atoms with Gasteiger partial charge in [0.2, 0.25) is 0 Å². The lowest BCUT2D eigenvalue weighted by atomic mass is 10.2. The molecule has 2 aromatic carbocycles. The molecule has 0 aliphatic rings. The Hall–Kier alpha value is -2.07. The molecule has 0 saturated heterocycles. The number of ether oxygens (including phenoxy) is 1. The Labute approximate surface area is 125 Å². The summed E-state index contributed by atoms with van der Waals surface area (Å²) in [5, 5.41) is 4.43. The van der Waals surface area contributed by atoms with Gasteiger partial charge in [0, 0.05) is 9.86 Å². The first-order chi connectivity index (χ1) is 9.76. The van der Waals surface area contributed by atoms with Gasteiger partial charge in [0.15, 0.2) is 0 Å². The van der Waals surface area contributed by atoms with E-state index in [-0.39, 0.29) is 0 Å². The lowest BCUT2D eigenvalue weighted by molar-refractivity contribution is 0.414. The normalized spacial score (nSPS) is 10.5. The summed E-state index contributed by atoms with van der Waals surface area (Å²) in [4.78, 5) is 4.59. The van der Waals surface area contributed by atoms with Crippen LogP contribution in [0.1, 0.15) is 0 Å². The summed E-state index contributed by atoms with van der Waals surface area (Å²) in [5.41, 5.74) is 1.93. The van der Waals surface area contributed by atoms with Crippen LogP contribution < -0.4 is 10.1 Å². The van der Waals surface area contributed by atoms with E-state index in [0.717, 1.165) is 32.6 Å². The summed E-state index contributed by atoms with van der Waals surface area (Å²) < 4.78 is 6.12. The van der Waals surface area contributed by atoms with E-state index in [1.807, 2.05) is 42.5 Å². The zero-order chi connectivity index (χ0) is 13.9. The lowest BCUT2D eigenvalue weighted by Crippen LogP contribution is -1.95. The molecule has 3 rings (SSSR count). The van der Waals surface area contributed by atoms with Crippen LogP contribution in [0.4, 0.5) is 11.5 Å². The maximum Gasteiger partial charge on any atom is 0.131 e. The predicted octanol–water partition coefficient (Wildman–Crippen LogP) is 4.75. The third kappa shape index (κ3) is 2.60. The fraction of sp³-hybridized carbons (Fsp3) is 0.0625. The average Bonchev–Trinajstić information content (AvgIpc) is 2.49. The molecular weight excluding hydrogens is 316 g/mol. The van der Waals surface area contributed by atoms with Crippen LogP contribution in [0.2, 0.25) is 0 Å². The second kappa shape index (κ2) is 5.51. The highest BCUT2D eigenvalue weighted by Gasteiger charge is 2.04. The number of pyridine rings is 1. The number of halogens is 1. The van der Waals surface area contributed by atoms with Crippen molar-refractivity contribution in [3.8, 4) is 5.75 Å². The average molecular weight is 329 g/mol. The van der Waals surface area contributed by atoms with Crippen molar-refractivity contribution >= 4 is 38.3 Å². The maximum absolute atomic E-state index is 5.18. The zero-order valence-electron chi connectivity index (χ0n) is 10.9. The number of hydrogen-bond acceptors (Lipinski definition) is 3. The molecule has 3 nitrogen and oxygen atoms in total. The molecule has 0 spiro atoms. The monoisotopic (exact) mass is 328 g/mol. The van der Waals surface area contributed by atoms with Crippen LogP contribution in [0, 0.1) is 0 Å².